The number of aryl methyl sites for hydroxylation is 2. The average molecular weight is 510 g/mol. The number of carboxylic acids is 1. The van der Waals surface area contributed by atoms with E-state index in [9.17, 15) is 15.0 Å². The highest BCUT2D eigenvalue weighted by molar-refractivity contribution is 6.31. The predicted octanol–water partition coefficient (Wildman–Crippen LogP) is 6.37. The van der Waals surface area contributed by atoms with Gasteiger partial charge in [-0.3, -0.25) is 0 Å². The third-order valence-electron chi connectivity index (χ3n) is 6.40. The van der Waals surface area contributed by atoms with Crippen molar-refractivity contribution >= 4 is 17.6 Å². The van der Waals surface area contributed by atoms with E-state index in [0.717, 1.165) is 39.3 Å². The summed E-state index contributed by atoms with van der Waals surface area (Å²) in [5.74, 6) is -0.933. The molecule has 0 bridgehead atoms. The number of nitrogens with one attached hydrogen (secondary N) is 1. The molecule has 1 unspecified atom stereocenters. The van der Waals surface area contributed by atoms with Gasteiger partial charge in [-0.2, -0.15) is 0 Å². The Morgan fingerprint density at radius 3 is 2.44 bits per heavy atom. The molecule has 0 aliphatic heterocycles. The van der Waals surface area contributed by atoms with E-state index >= 15 is 0 Å². The lowest BCUT2D eigenvalue weighted by Gasteiger charge is -2.28. The van der Waals surface area contributed by atoms with E-state index in [4.69, 9.17) is 16.3 Å². The van der Waals surface area contributed by atoms with Crippen molar-refractivity contribution in [3.05, 3.63) is 93.5 Å². The molecule has 0 aliphatic carbocycles. The van der Waals surface area contributed by atoms with Crippen molar-refractivity contribution < 1.29 is 19.7 Å². The number of rotatable bonds is 11. The molecule has 36 heavy (non-hydrogen) atoms. The van der Waals surface area contributed by atoms with Gasteiger partial charge < -0.3 is 20.3 Å². The van der Waals surface area contributed by atoms with E-state index < -0.39 is 12.1 Å². The van der Waals surface area contributed by atoms with E-state index in [2.05, 4.69) is 25.2 Å². The molecule has 3 aromatic carbocycles. The summed E-state index contributed by atoms with van der Waals surface area (Å²) >= 11 is 6.27. The first-order valence-corrected chi connectivity index (χ1v) is 12.6. The van der Waals surface area contributed by atoms with Crippen LogP contribution in [0.3, 0.4) is 0 Å². The molecular weight excluding hydrogens is 474 g/mol. The van der Waals surface area contributed by atoms with Crippen LogP contribution in [0.15, 0.2) is 60.7 Å². The average Bonchev–Trinajstić information content (AvgIpc) is 2.83. The van der Waals surface area contributed by atoms with Gasteiger partial charge in [0.15, 0.2) is 0 Å². The minimum Gasteiger partial charge on any atom is -0.478 e. The van der Waals surface area contributed by atoms with E-state index in [0.29, 0.717) is 17.7 Å². The number of aliphatic hydroxyl groups is 1. The molecule has 3 rings (SSSR count). The minimum atomic E-state index is -0.933. The maximum atomic E-state index is 11.4. The number of hydrogen-bond acceptors (Lipinski definition) is 4. The van der Waals surface area contributed by atoms with Gasteiger partial charge in [-0.15, -0.1) is 0 Å². The molecule has 0 radical (unpaired) electrons. The Morgan fingerprint density at radius 2 is 1.78 bits per heavy atom. The van der Waals surface area contributed by atoms with Gasteiger partial charge in [-0.05, 0) is 86.6 Å². The molecule has 0 saturated heterocycles. The number of halogens is 1. The summed E-state index contributed by atoms with van der Waals surface area (Å²) in [5.41, 5.74) is 5.88. The fraction of sp³-hybridized carbons (Fsp3) is 0.367. The molecule has 192 valence electrons. The lowest BCUT2D eigenvalue weighted by Crippen LogP contribution is -2.46. The number of ether oxygens (including phenoxy) is 1. The fourth-order valence-corrected chi connectivity index (χ4v) is 4.51. The van der Waals surface area contributed by atoms with Crippen molar-refractivity contribution in [1.29, 1.82) is 0 Å². The van der Waals surface area contributed by atoms with Gasteiger partial charge in [-0.25, -0.2) is 4.79 Å². The summed E-state index contributed by atoms with van der Waals surface area (Å²) in [5, 5.41) is 24.1. The SMILES string of the molecule is Cc1ccc(CC(C)(C)NC[C@@H](O)COC(C)c2ccccc2-c2ccc(C(=O)O)c(C)c2)cc1Cl. The van der Waals surface area contributed by atoms with Crippen molar-refractivity contribution in [1.82, 2.24) is 5.32 Å². The summed E-state index contributed by atoms with van der Waals surface area (Å²) in [4.78, 5) is 11.4. The van der Waals surface area contributed by atoms with Gasteiger partial charge in [0.25, 0.3) is 0 Å². The molecule has 3 aromatic rings. The molecule has 0 aromatic heterocycles. The molecule has 0 aliphatic rings. The van der Waals surface area contributed by atoms with Crippen LogP contribution in [0.2, 0.25) is 5.02 Å². The molecule has 0 saturated carbocycles. The standard InChI is InChI=1S/C30H36ClNO4/c1-19-10-11-22(15-28(19)31)16-30(4,5)32-17-24(33)18-36-21(3)26-8-6-7-9-27(26)23-12-13-25(29(34)35)20(2)14-23/h6-15,21,24,32-33H,16-18H2,1-5H3,(H,34,35)/t21?,24-/m1/s1. The number of carboxylic acid groups (broad SMARTS) is 1. The van der Waals surface area contributed by atoms with Crippen LogP contribution in [0.1, 0.15) is 59.5 Å². The Balaban J connectivity index is 1.59. The predicted molar refractivity (Wildman–Crippen MR) is 146 cm³/mol. The van der Waals surface area contributed by atoms with Gasteiger partial charge in [0.1, 0.15) is 0 Å². The summed E-state index contributed by atoms with van der Waals surface area (Å²) in [6, 6.07) is 19.4. The van der Waals surface area contributed by atoms with Gasteiger partial charge in [0.2, 0.25) is 0 Å². The van der Waals surface area contributed by atoms with Crippen molar-refractivity contribution in [2.75, 3.05) is 13.2 Å². The van der Waals surface area contributed by atoms with Gasteiger partial charge in [0, 0.05) is 17.1 Å². The van der Waals surface area contributed by atoms with Crippen molar-refractivity contribution in [3.63, 3.8) is 0 Å². The van der Waals surface area contributed by atoms with Gasteiger partial charge >= 0.3 is 5.97 Å². The number of hydrogen-bond donors (Lipinski definition) is 3. The number of benzene rings is 3. The van der Waals surface area contributed by atoms with Crippen molar-refractivity contribution in [2.45, 2.75) is 58.8 Å². The van der Waals surface area contributed by atoms with Gasteiger partial charge in [-0.1, -0.05) is 60.1 Å². The molecule has 0 fully saturated rings. The lowest BCUT2D eigenvalue weighted by molar-refractivity contribution is -0.00397. The molecule has 0 heterocycles. The second kappa shape index (κ2) is 12.0. The maximum Gasteiger partial charge on any atom is 0.335 e. The number of β-amino-alcohol motifs (C(OH)–C–C–N with tert-alkyl or cyclic N) is 1. The third-order valence-corrected chi connectivity index (χ3v) is 6.81. The zero-order chi connectivity index (χ0) is 26.5. The smallest absolute Gasteiger partial charge is 0.335 e. The normalized spacial score (nSPS) is 13.4. The summed E-state index contributed by atoms with van der Waals surface area (Å²) in [6.07, 6.45) is -0.139. The molecule has 6 heteroatoms. The van der Waals surface area contributed by atoms with E-state index in [1.807, 2.05) is 62.4 Å². The van der Waals surface area contributed by atoms with Crippen LogP contribution in [0.5, 0.6) is 0 Å². The van der Waals surface area contributed by atoms with Crippen LogP contribution in [0.4, 0.5) is 0 Å². The van der Waals surface area contributed by atoms with Crippen LogP contribution in [-0.4, -0.2) is 41.0 Å². The first-order valence-electron chi connectivity index (χ1n) is 12.2. The molecule has 3 N–H and O–H groups in total. The molecular formula is C30H36ClNO4. The second-order valence-electron chi connectivity index (χ2n) is 10.1. The Kier molecular flexibility index (Phi) is 9.31. The number of carbonyl (C=O) groups is 1. The van der Waals surface area contributed by atoms with E-state index in [-0.39, 0.29) is 18.2 Å². The quantitative estimate of drug-likeness (QED) is 0.280. The van der Waals surface area contributed by atoms with Crippen LogP contribution < -0.4 is 5.32 Å². The Hall–Kier alpha value is -2.70. The summed E-state index contributed by atoms with van der Waals surface area (Å²) < 4.78 is 6.06. The highest BCUT2D eigenvalue weighted by Gasteiger charge is 2.21. The Morgan fingerprint density at radius 1 is 1.06 bits per heavy atom. The number of aromatic carboxylic acids is 1. The number of aliphatic hydroxyl groups excluding tert-OH is 1. The van der Waals surface area contributed by atoms with Crippen molar-refractivity contribution in [2.24, 2.45) is 0 Å². The Labute approximate surface area is 219 Å². The molecule has 2 atom stereocenters. The fourth-order valence-electron chi connectivity index (χ4n) is 4.30. The highest BCUT2D eigenvalue weighted by Crippen LogP contribution is 2.31. The first kappa shape index (κ1) is 27.9. The summed E-state index contributed by atoms with van der Waals surface area (Å²) in [7, 11) is 0. The van der Waals surface area contributed by atoms with E-state index in [1.165, 1.54) is 0 Å². The third kappa shape index (κ3) is 7.40. The van der Waals surface area contributed by atoms with Crippen LogP contribution in [0.25, 0.3) is 11.1 Å². The zero-order valence-corrected chi connectivity index (χ0v) is 22.4. The lowest BCUT2D eigenvalue weighted by atomic mass is 9.94. The Bertz CT molecular complexity index is 1210. The van der Waals surface area contributed by atoms with Crippen LogP contribution in [0, 0.1) is 13.8 Å². The maximum absolute atomic E-state index is 11.4. The topological polar surface area (TPSA) is 78.8 Å². The molecule has 0 spiro atoms. The first-order chi connectivity index (χ1) is 17.0. The van der Waals surface area contributed by atoms with E-state index in [1.54, 1.807) is 13.0 Å². The summed E-state index contributed by atoms with van der Waals surface area (Å²) in [6.45, 7) is 10.5. The molecule has 5 nitrogen and oxygen atoms in total. The minimum absolute atomic E-state index is 0.186. The zero-order valence-electron chi connectivity index (χ0n) is 21.6. The highest BCUT2D eigenvalue weighted by atomic mass is 35.5. The largest absolute Gasteiger partial charge is 0.478 e. The van der Waals surface area contributed by atoms with Crippen LogP contribution >= 0.6 is 11.6 Å². The van der Waals surface area contributed by atoms with Gasteiger partial charge in [0.05, 0.1) is 24.4 Å². The molecule has 0 amide bonds. The monoisotopic (exact) mass is 509 g/mol. The second-order valence-corrected chi connectivity index (χ2v) is 10.5. The van der Waals surface area contributed by atoms with Crippen molar-refractivity contribution in [3.8, 4) is 11.1 Å². The van der Waals surface area contributed by atoms with Crippen LogP contribution in [-0.2, 0) is 11.2 Å².